The van der Waals surface area contributed by atoms with Gasteiger partial charge in [-0.25, -0.2) is 14.6 Å². The number of urea groups is 1. The van der Waals surface area contributed by atoms with Crippen molar-refractivity contribution in [2.45, 2.75) is 38.6 Å². The summed E-state index contributed by atoms with van der Waals surface area (Å²) in [5.41, 5.74) is 2.70. The molecule has 0 spiro atoms. The van der Waals surface area contributed by atoms with Crippen molar-refractivity contribution >= 4 is 23.3 Å². The smallest absolute Gasteiger partial charge is 0.326 e. The average molecular weight is 311 g/mol. The fraction of sp³-hybridized carbons (Fsp3) is 0.643. The number of nitrogens with one attached hydrogen (secondary N) is 1. The molecule has 1 aromatic heterocycles. The molecule has 116 valence electrons. The average Bonchev–Trinajstić information content (AvgIpc) is 2.99. The van der Waals surface area contributed by atoms with Gasteiger partial charge in [0.05, 0.1) is 11.2 Å². The molecular formula is C14H21N3O3S. The number of hydrogen-bond acceptors (Lipinski definition) is 4. The van der Waals surface area contributed by atoms with Crippen molar-refractivity contribution in [3.63, 3.8) is 0 Å². The molecule has 2 atom stereocenters. The normalized spacial score (nSPS) is 22.0. The van der Waals surface area contributed by atoms with Crippen LogP contribution in [-0.4, -0.2) is 46.1 Å². The quantitative estimate of drug-likeness (QED) is 0.871. The van der Waals surface area contributed by atoms with Crippen LogP contribution in [-0.2, 0) is 11.2 Å². The van der Waals surface area contributed by atoms with Crippen LogP contribution in [0.15, 0.2) is 10.9 Å². The maximum absolute atomic E-state index is 12.2. The van der Waals surface area contributed by atoms with E-state index in [9.17, 15) is 14.7 Å². The van der Waals surface area contributed by atoms with Crippen LogP contribution < -0.4 is 5.32 Å². The Balaban J connectivity index is 1.86. The van der Waals surface area contributed by atoms with Crippen molar-refractivity contribution in [3.05, 3.63) is 16.6 Å². The molecule has 1 aliphatic rings. The molecule has 0 aromatic carbocycles. The second-order valence-electron chi connectivity index (χ2n) is 5.31. The summed E-state index contributed by atoms with van der Waals surface area (Å²) in [6.45, 7) is 3.05. The van der Waals surface area contributed by atoms with Gasteiger partial charge in [-0.3, -0.25) is 0 Å². The number of nitrogens with zero attached hydrogens (tertiary/aromatic N) is 2. The third kappa shape index (κ3) is 4.17. The largest absolute Gasteiger partial charge is 0.480 e. The van der Waals surface area contributed by atoms with E-state index in [0.717, 1.165) is 18.5 Å². The molecule has 1 aromatic rings. The van der Waals surface area contributed by atoms with E-state index in [1.165, 1.54) is 16.2 Å². The number of hydrogen-bond donors (Lipinski definition) is 2. The van der Waals surface area contributed by atoms with Gasteiger partial charge in [0.2, 0.25) is 0 Å². The maximum atomic E-state index is 12.2. The van der Waals surface area contributed by atoms with Crippen LogP contribution >= 0.6 is 11.3 Å². The van der Waals surface area contributed by atoms with Crippen LogP contribution in [0.5, 0.6) is 0 Å². The maximum Gasteiger partial charge on any atom is 0.326 e. The van der Waals surface area contributed by atoms with Gasteiger partial charge in [0.1, 0.15) is 6.04 Å². The Hall–Kier alpha value is -1.63. The predicted octanol–water partition coefficient (Wildman–Crippen LogP) is 1.97. The lowest BCUT2D eigenvalue weighted by Crippen LogP contribution is -2.53. The molecule has 0 radical (unpaired) electrons. The molecule has 2 unspecified atom stereocenters. The Morgan fingerprint density at radius 2 is 2.38 bits per heavy atom. The van der Waals surface area contributed by atoms with E-state index in [2.05, 4.69) is 17.2 Å². The number of likely N-dealkylation sites (tertiary alicyclic amines) is 1. The van der Waals surface area contributed by atoms with E-state index in [1.807, 2.05) is 5.38 Å². The van der Waals surface area contributed by atoms with Crippen molar-refractivity contribution in [1.82, 2.24) is 15.2 Å². The van der Waals surface area contributed by atoms with Gasteiger partial charge in [-0.05, 0) is 18.8 Å². The third-order valence-corrected chi connectivity index (χ3v) is 4.61. The zero-order chi connectivity index (χ0) is 15.2. The van der Waals surface area contributed by atoms with Crippen molar-refractivity contribution in [2.75, 3.05) is 13.1 Å². The molecular weight excluding hydrogens is 290 g/mol. The molecule has 7 heteroatoms. The van der Waals surface area contributed by atoms with Crippen LogP contribution in [0.1, 0.15) is 31.9 Å². The van der Waals surface area contributed by atoms with Gasteiger partial charge in [0.15, 0.2) is 0 Å². The summed E-state index contributed by atoms with van der Waals surface area (Å²) in [6.07, 6.45) is 3.05. The minimum absolute atomic E-state index is 0.285. The highest BCUT2D eigenvalue weighted by atomic mass is 32.1. The fourth-order valence-corrected chi connectivity index (χ4v) is 3.24. The number of aliphatic carboxylic acids is 1. The number of amides is 2. The van der Waals surface area contributed by atoms with Crippen LogP contribution in [0.25, 0.3) is 0 Å². The number of carbonyl (C=O) groups is 2. The summed E-state index contributed by atoms with van der Waals surface area (Å²) in [6, 6.07) is -0.991. The first kappa shape index (κ1) is 15.8. The van der Waals surface area contributed by atoms with Gasteiger partial charge >= 0.3 is 12.0 Å². The number of carboxylic acid groups (broad SMARTS) is 1. The molecule has 21 heavy (non-hydrogen) atoms. The van der Waals surface area contributed by atoms with E-state index in [1.54, 1.807) is 5.51 Å². The van der Waals surface area contributed by atoms with Gasteiger partial charge < -0.3 is 15.3 Å². The predicted molar refractivity (Wildman–Crippen MR) is 80.4 cm³/mol. The number of aromatic nitrogens is 1. The Morgan fingerprint density at radius 3 is 3.00 bits per heavy atom. The van der Waals surface area contributed by atoms with E-state index >= 15 is 0 Å². The van der Waals surface area contributed by atoms with Crippen LogP contribution in [0, 0.1) is 5.92 Å². The third-order valence-electron chi connectivity index (χ3n) is 3.98. The lowest BCUT2D eigenvalue weighted by molar-refractivity contribution is -0.144. The molecule has 0 bridgehead atoms. The molecule has 1 fully saturated rings. The molecule has 2 rings (SSSR count). The summed E-state index contributed by atoms with van der Waals surface area (Å²) >= 11 is 1.52. The minimum atomic E-state index is -0.914. The van der Waals surface area contributed by atoms with E-state index in [-0.39, 0.29) is 6.03 Å². The summed E-state index contributed by atoms with van der Waals surface area (Å²) in [5.74, 6) is -0.520. The number of carbonyl (C=O) groups excluding carboxylic acids is 1. The van der Waals surface area contributed by atoms with Crippen molar-refractivity contribution in [2.24, 2.45) is 5.92 Å². The Kier molecular flexibility index (Phi) is 5.55. The minimum Gasteiger partial charge on any atom is -0.480 e. The first-order chi connectivity index (χ1) is 10.1. The first-order valence-electron chi connectivity index (χ1n) is 7.26. The highest BCUT2D eigenvalue weighted by molar-refractivity contribution is 7.07. The number of rotatable bonds is 5. The zero-order valence-electron chi connectivity index (χ0n) is 12.1. The zero-order valence-corrected chi connectivity index (χ0v) is 12.9. The van der Waals surface area contributed by atoms with E-state index in [4.69, 9.17) is 0 Å². The van der Waals surface area contributed by atoms with Crippen LogP contribution in [0.2, 0.25) is 0 Å². The Labute approximate surface area is 128 Å². The Morgan fingerprint density at radius 1 is 1.57 bits per heavy atom. The van der Waals surface area contributed by atoms with Gasteiger partial charge in [0, 0.05) is 24.9 Å². The van der Waals surface area contributed by atoms with Crippen LogP contribution in [0.3, 0.4) is 0 Å². The van der Waals surface area contributed by atoms with Gasteiger partial charge in [-0.2, -0.15) is 0 Å². The number of carboxylic acids is 1. The van der Waals surface area contributed by atoms with Gasteiger partial charge in [-0.1, -0.05) is 13.3 Å². The first-order valence-corrected chi connectivity index (χ1v) is 8.20. The molecule has 1 aliphatic heterocycles. The van der Waals surface area contributed by atoms with Gasteiger partial charge in [0.25, 0.3) is 0 Å². The molecule has 2 N–H and O–H groups in total. The molecule has 0 aliphatic carbocycles. The molecule has 2 amide bonds. The SMILES string of the molecule is CCC1CCN(C(=O)NCCc2cscn2)C(C(=O)O)C1. The van der Waals surface area contributed by atoms with Crippen molar-refractivity contribution in [3.8, 4) is 0 Å². The molecule has 6 nitrogen and oxygen atoms in total. The highest BCUT2D eigenvalue weighted by Crippen LogP contribution is 2.25. The second-order valence-corrected chi connectivity index (χ2v) is 6.03. The standard InChI is InChI=1S/C14H21N3O3S/c1-2-10-4-6-17(12(7-10)13(18)19)14(20)15-5-3-11-8-21-9-16-11/h8-10,12H,2-7H2,1H3,(H,15,20)(H,18,19). The number of piperidine rings is 1. The number of thiazole rings is 1. The summed E-state index contributed by atoms with van der Waals surface area (Å²) < 4.78 is 0. The Bertz CT molecular complexity index is 478. The van der Waals surface area contributed by atoms with E-state index in [0.29, 0.717) is 31.8 Å². The molecule has 0 saturated carbocycles. The highest BCUT2D eigenvalue weighted by Gasteiger charge is 2.35. The monoisotopic (exact) mass is 311 g/mol. The molecule has 2 heterocycles. The lowest BCUT2D eigenvalue weighted by atomic mass is 9.89. The van der Waals surface area contributed by atoms with E-state index < -0.39 is 12.0 Å². The fourth-order valence-electron chi connectivity index (χ4n) is 2.65. The van der Waals surface area contributed by atoms with Crippen molar-refractivity contribution < 1.29 is 14.7 Å². The summed E-state index contributed by atoms with van der Waals surface area (Å²) in [7, 11) is 0. The second kappa shape index (κ2) is 7.40. The van der Waals surface area contributed by atoms with Gasteiger partial charge in [-0.15, -0.1) is 11.3 Å². The topological polar surface area (TPSA) is 82.5 Å². The summed E-state index contributed by atoms with van der Waals surface area (Å²) in [4.78, 5) is 29.1. The molecule has 1 saturated heterocycles. The lowest BCUT2D eigenvalue weighted by Gasteiger charge is -2.36. The van der Waals surface area contributed by atoms with Crippen LogP contribution in [0.4, 0.5) is 4.79 Å². The summed E-state index contributed by atoms with van der Waals surface area (Å²) in [5, 5.41) is 14.1. The van der Waals surface area contributed by atoms with Crippen molar-refractivity contribution in [1.29, 1.82) is 0 Å².